The third-order valence-electron chi connectivity index (χ3n) is 6.53. The predicted molar refractivity (Wildman–Crippen MR) is 84.1 cm³/mol. The number of fused-ring (bicyclic) bond motifs is 5. The molecule has 2 fully saturated rings. The number of Topliss-reactive ketones (excluding diaryl/α,β-unsaturated/α-hetero) is 1. The molecule has 3 aliphatic rings. The Morgan fingerprint density at radius 1 is 1.32 bits per heavy atom. The van der Waals surface area contributed by atoms with E-state index in [4.69, 9.17) is 4.74 Å². The van der Waals surface area contributed by atoms with Gasteiger partial charge in [0.15, 0.2) is 0 Å². The highest BCUT2D eigenvalue weighted by Gasteiger charge is 2.55. The van der Waals surface area contributed by atoms with Crippen LogP contribution in [0.2, 0.25) is 0 Å². The van der Waals surface area contributed by atoms with Crippen molar-refractivity contribution in [3.8, 4) is 11.5 Å². The van der Waals surface area contributed by atoms with Crippen LogP contribution in [0.25, 0.3) is 0 Å². The summed E-state index contributed by atoms with van der Waals surface area (Å²) in [6, 6.07) is 5.51. The molecule has 1 aliphatic heterocycles. The number of hydrogen-bond acceptors (Lipinski definition) is 3. The number of carbonyl (C=O) groups excluding carboxylic acids is 1. The molecule has 2 saturated carbocycles. The summed E-state index contributed by atoms with van der Waals surface area (Å²) < 4.78 is 6.14. The molecule has 22 heavy (non-hydrogen) atoms. The highest BCUT2D eigenvalue weighted by atomic mass is 16.5. The smallest absolute Gasteiger partial charge is 0.139 e. The minimum absolute atomic E-state index is 0.106. The van der Waals surface area contributed by atoms with Crippen molar-refractivity contribution in [2.75, 3.05) is 0 Å². The second-order valence-corrected chi connectivity index (χ2v) is 7.61. The molecule has 1 aromatic carbocycles. The van der Waals surface area contributed by atoms with Crippen LogP contribution in [0.3, 0.4) is 0 Å². The quantitative estimate of drug-likeness (QED) is 0.786. The average Bonchev–Trinajstić information content (AvgIpc) is 2.48. The molecule has 0 amide bonds. The SMILES string of the molecule is CC1Oc2cc(O)ccc2C2CCC3(C)C(=O)CCCC3C12. The van der Waals surface area contributed by atoms with E-state index in [1.807, 2.05) is 6.07 Å². The van der Waals surface area contributed by atoms with Gasteiger partial charge < -0.3 is 9.84 Å². The van der Waals surface area contributed by atoms with Crippen LogP contribution in [0.4, 0.5) is 0 Å². The van der Waals surface area contributed by atoms with Gasteiger partial charge in [0.1, 0.15) is 17.3 Å². The summed E-state index contributed by atoms with van der Waals surface area (Å²) in [6.45, 7) is 4.32. The van der Waals surface area contributed by atoms with E-state index < -0.39 is 0 Å². The number of ketones is 1. The van der Waals surface area contributed by atoms with E-state index in [1.54, 1.807) is 12.1 Å². The van der Waals surface area contributed by atoms with Crippen LogP contribution < -0.4 is 4.74 Å². The van der Waals surface area contributed by atoms with Crippen molar-refractivity contribution >= 4 is 5.78 Å². The van der Waals surface area contributed by atoms with Gasteiger partial charge in [-0.3, -0.25) is 4.79 Å². The first kappa shape index (κ1) is 14.1. The van der Waals surface area contributed by atoms with Gasteiger partial charge in [-0.15, -0.1) is 0 Å². The topological polar surface area (TPSA) is 46.5 Å². The Hall–Kier alpha value is -1.51. The Kier molecular flexibility index (Phi) is 3.04. The van der Waals surface area contributed by atoms with Gasteiger partial charge in [-0.05, 0) is 56.1 Å². The number of carbonyl (C=O) groups is 1. The standard InChI is InChI=1S/C19H24O3/c1-11-18-14(13-7-6-12(20)10-16(13)22-11)8-9-19(2)15(18)4-3-5-17(19)21/h6-7,10-11,14-15,18,20H,3-5,8-9H2,1-2H3. The molecule has 3 heteroatoms. The Morgan fingerprint density at radius 3 is 2.95 bits per heavy atom. The van der Waals surface area contributed by atoms with E-state index in [0.717, 1.165) is 37.9 Å². The van der Waals surface area contributed by atoms with E-state index in [2.05, 4.69) is 13.8 Å². The third-order valence-corrected chi connectivity index (χ3v) is 6.53. The van der Waals surface area contributed by atoms with Crippen molar-refractivity contribution in [1.29, 1.82) is 0 Å². The van der Waals surface area contributed by atoms with Crippen LogP contribution in [0, 0.1) is 17.3 Å². The summed E-state index contributed by atoms with van der Waals surface area (Å²) >= 11 is 0. The van der Waals surface area contributed by atoms with Crippen molar-refractivity contribution in [2.24, 2.45) is 17.3 Å². The zero-order valence-corrected chi connectivity index (χ0v) is 13.3. The highest BCUT2D eigenvalue weighted by molar-refractivity contribution is 5.85. The van der Waals surface area contributed by atoms with Gasteiger partial charge >= 0.3 is 0 Å². The predicted octanol–water partition coefficient (Wildman–Crippen LogP) is 4.04. The summed E-state index contributed by atoms with van der Waals surface area (Å²) in [4.78, 5) is 12.5. The van der Waals surface area contributed by atoms with Gasteiger partial charge in [0.2, 0.25) is 0 Å². The largest absolute Gasteiger partial charge is 0.508 e. The van der Waals surface area contributed by atoms with Gasteiger partial charge in [0.25, 0.3) is 0 Å². The first-order valence-corrected chi connectivity index (χ1v) is 8.53. The highest BCUT2D eigenvalue weighted by Crippen LogP contribution is 2.59. The fourth-order valence-corrected chi connectivity index (χ4v) is 5.39. The first-order valence-electron chi connectivity index (χ1n) is 8.53. The molecule has 3 nitrogen and oxygen atoms in total. The Balaban J connectivity index is 1.76. The summed E-state index contributed by atoms with van der Waals surface area (Å²) in [5.74, 6) is 2.87. The zero-order chi connectivity index (χ0) is 15.5. The van der Waals surface area contributed by atoms with Crippen molar-refractivity contribution < 1.29 is 14.6 Å². The Labute approximate surface area is 131 Å². The molecular weight excluding hydrogens is 276 g/mol. The minimum atomic E-state index is -0.147. The average molecular weight is 300 g/mol. The van der Waals surface area contributed by atoms with E-state index in [0.29, 0.717) is 23.5 Å². The van der Waals surface area contributed by atoms with Gasteiger partial charge in [-0.1, -0.05) is 13.0 Å². The molecule has 0 aromatic heterocycles. The lowest BCUT2D eigenvalue weighted by Crippen LogP contribution is -2.53. The van der Waals surface area contributed by atoms with Gasteiger partial charge in [-0.2, -0.15) is 0 Å². The number of phenols is 1. The first-order chi connectivity index (χ1) is 10.5. The molecule has 5 unspecified atom stereocenters. The van der Waals surface area contributed by atoms with Crippen LogP contribution in [0.5, 0.6) is 11.5 Å². The fraction of sp³-hybridized carbons (Fsp3) is 0.632. The summed E-state index contributed by atoms with van der Waals surface area (Å²) in [5, 5.41) is 9.71. The van der Waals surface area contributed by atoms with Crippen LogP contribution in [0.1, 0.15) is 57.4 Å². The van der Waals surface area contributed by atoms with Crippen LogP contribution >= 0.6 is 0 Å². The molecule has 0 bridgehead atoms. The molecule has 0 radical (unpaired) electrons. The molecule has 0 saturated heterocycles. The monoisotopic (exact) mass is 300 g/mol. The summed E-state index contributed by atoms with van der Waals surface area (Å²) in [6.07, 6.45) is 5.07. The lowest BCUT2D eigenvalue weighted by molar-refractivity contribution is -0.143. The number of aromatic hydroxyl groups is 1. The number of hydrogen-bond donors (Lipinski definition) is 1. The molecule has 0 spiro atoms. The van der Waals surface area contributed by atoms with Gasteiger partial charge in [0, 0.05) is 23.8 Å². The molecule has 2 aliphatic carbocycles. The number of ether oxygens (including phenoxy) is 1. The second-order valence-electron chi connectivity index (χ2n) is 7.61. The van der Waals surface area contributed by atoms with Crippen molar-refractivity contribution in [3.63, 3.8) is 0 Å². The summed E-state index contributed by atoms with van der Waals surface area (Å²) in [5.41, 5.74) is 1.08. The third kappa shape index (κ3) is 1.84. The van der Waals surface area contributed by atoms with E-state index >= 15 is 0 Å². The molecule has 1 N–H and O–H groups in total. The second kappa shape index (κ2) is 4.74. The number of benzene rings is 1. The van der Waals surface area contributed by atoms with E-state index in [1.165, 1.54) is 5.56 Å². The zero-order valence-electron chi connectivity index (χ0n) is 13.3. The lowest BCUT2D eigenvalue weighted by Gasteiger charge is -2.54. The Morgan fingerprint density at radius 2 is 2.14 bits per heavy atom. The molecule has 1 heterocycles. The van der Waals surface area contributed by atoms with Crippen molar-refractivity contribution in [2.45, 2.75) is 58.0 Å². The molecular formula is C19H24O3. The van der Waals surface area contributed by atoms with Gasteiger partial charge in [0.05, 0.1) is 6.10 Å². The summed E-state index contributed by atoms with van der Waals surface area (Å²) in [7, 11) is 0. The van der Waals surface area contributed by atoms with E-state index in [-0.39, 0.29) is 17.3 Å². The number of phenolic OH excluding ortho intramolecular Hbond substituents is 1. The normalized spacial score (nSPS) is 40.2. The maximum Gasteiger partial charge on any atom is 0.139 e. The van der Waals surface area contributed by atoms with Crippen molar-refractivity contribution in [1.82, 2.24) is 0 Å². The minimum Gasteiger partial charge on any atom is -0.508 e. The van der Waals surface area contributed by atoms with Crippen LogP contribution in [-0.4, -0.2) is 17.0 Å². The maximum absolute atomic E-state index is 12.5. The van der Waals surface area contributed by atoms with Gasteiger partial charge in [-0.25, -0.2) is 0 Å². The molecule has 1 aromatic rings. The Bertz CT molecular complexity index is 623. The molecule has 4 rings (SSSR count). The number of rotatable bonds is 0. The maximum atomic E-state index is 12.5. The molecule has 5 atom stereocenters. The lowest BCUT2D eigenvalue weighted by atomic mass is 9.51. The van der Waals surface area contributed by atoms with Crippen LogP contribution in [-0.2, 0) is 4.79 Å². The van der Waals surface area contributed by atoms with Crippen LogP contribution in [0.15, 0.2) is 18.2 Å². The fourth-order valence-electron chi connectivity index (χ4n) is 5.39. The molecule has 118 valence electrons. The van der Waals surface area contributed by atoms with Crippen molar-refractivity contribution in [3.05, 3.63) is 23.8 Å². The van der Waals surface area contributed by atoms with E-state index in [9.17, 15) is 9.90 Å².